The normalized spacial score (nSPS) is 13.8. The Hall–Kier alpha value is -0.680. The van der Waals surface area contributed by atoms with E-state index in [0.717, 1.165) is 82.3 Å². The average molecular weight is 1240 g/mol. The Labute approximate surface area is 545 Å². The largest absolute Gasteiger partial charge is 0.299 e. The van der Waals surface area contributed by atoms with Crippen molar-refractivity contribution in [1.82, 2.24) is 0 Å². The molecule has 86 heavy (non-hydrogen) atoms. The second kappa shape index (κ2) is 57.0. The Balaban J connectivity index is -0.000000110. The summed E-state index contributed by atoms with van der Waals surface area (Å²) in [7, 11) is 0. The Kier molecular flexibility index (Phi) is 69.1. The first kappa shape index (κ1) is 104. The van der Waals surface area contributed by atoms with Crippen molar-refractivity contribution in [2.45, 2.75) is 380 Å². The molecule has 1 fully saturated rings. The van der Waals surface area contributed by atoms with Crippen LogP contribution in [0.4, 0.5) is 22.0 Å². The molecule has 532 valence electrons. The van der Waals surface area contributed by atoms with Crippen molar-refractivity contribution in [2.24, 2.45) is 135 Å². The van der Waals surface area contributed by atoms with E-state index in [1.165, 1.54) is 51.4 Å². The van der Waals surface area contributed by atoms with Gasteiger partial charge in [0.1, 0.15) is 24.3 Å². The minimum absolute atomic E-state index is 0.0509. The maximum atomic E-state index is 12.9. The molecular formula is C80H171F5O. The topological polar surface area (TPSA) is 17.1 Å². The summed E-state index contributed by atoms with van der Waals surface area (Å²) in [6, 6.07) is 0. The number of rotatable bonds is 25. The van der Waals surface area contributed by atoms with Gasteiger partial charge >= 0.3 is 0 Å². The van der Waals surface area contributed by atoms with E-state index in [4.69, 9.17) is 0 Å². The molecule has 0 N–H and O–H groups in total. The molecule has 0 aromatic rings. The summed E-state index contributed by atoms with van der Waals surface area (Å²) in [4.78, 5) is 10.8. The third kappa shape index (κ3) is 67.7. The van der Waals surface area contributed by atoms with Crippen LogP contribution in [0.5, 0.6) is 0 Å². The summed E-state index contributed by atoms with van der Waals surface area (Å²) in [6.07, 6.45) is 8.73. The first-order valence-corrected chi connectivity index (χ1v) is 36.2. The highest BCUT2D eigenvalue weighted by molar-refractivity contribution is 5.82. The molecule has 2 atom stereocenters. The molecule has 0 aromatic heterocycles. The van der Waals surface area contributed by atoms with Crippen LogP contribution < -0.4 is 0 Å². The molecule has 1 nitrogen and oxygen atoms in total. The maximum absolute atomic E-state index is 12.9. The monoisotopic (exact) mass is 1240 g/mol. The molecular weight excluding hydrogens is 1070 g/mol. The van der Waals surface area contributed by atoms with Gasteiger partial charge in [0.15, 0.2) is 0 Å². The highest BCUT2D eigenvalue weighted by Gasteiger charge is 2.47. The van der Waals surface area contributed by atoms with Crippen molar-refractivity contribution in [3.8, 4) is 0 Å². The standard InChI is InChI=1S/C9H18F2.C9H18.2C9H20.2C8H18.C7H14F2.C7H15F.C7H14O.C7H16/c1-6(2)8(10)5-9(11)7(3)4;1-7(2)9(5-6-9)8(3)4;1-7(2)9(5,6)8(3)4;1-8(2)6-5-7-9(3)4;1-7(2)5-6-8(3)4;1-6(2)8(5)7(3)4;1-5(2)7(8,9)6(3)4;2*1-5(2)7(8)6(3)4;1-6(2)5-7(3)4/h6-9H,5H2,1-4H3;7-8H,5-6H2,1-4H3;7-8H,1-6H3;8-9H,5-7H2,1-4H3;7-8H,5-6H2,1-4H3;6-8H,1-5H3;5-6H,1-4H3;5-7H,1-4H3;5-6H,1-4H3;6-7H,5H2,1-4H3. The third-order valence-corrected chi connectivity index (χ3v) is 17.9. The van der Waals surface area contributed by atoms with Gasteiger partial charge in [-0.3, -0.25) is 4.79 Å². The quantitative estimate of drug-likeness (QED) is 0.0833. The molecule has 1 rings (SSSR count). The van der Waals surface area contributed by atoms with Gasteiger partial charge in [-0.25, -0.2) is 22.0 Å². The van der Waals surface area contributed by atoms with Crippen LogP contribution >= 0.6 is 0 Å². The Morgan fingerprint density at radius 3 is 0.663 bits per heavy atom. The predicted molar refractivity (Wildman–Crippen MR) is 388 cm³/mol. The summed E-state index contributed by atoms with van der Waals surface area (Å²) in [5, 5.41) is 0. The third-order valence-electron chi connectivity index (χ3n) is 17.9. The second-order valence-electron chi connectivity index (χ2n) is 34.0. The zero-order valence-corrected chi connectivity index (χ0v) is 67.5. The molecule has 0 heterocycles. The van der Waals surface area contributed by atoms with Crippen LogP contribution in [0.3, 0.4) is 0 Å². The number of alkyl halides is 5. The predicted octanol–water partition coefficient (Wildman–Crippen LogP) is 29.4. The summed E-state index contributed by atoms with van der Waals surface area (Å²) in [5.41, 5.74) is 1.25. The molecule has 0 spiro atoms. The number of carbonyl (C=O) groups excluding carboxylic acids is 1. The van der Waals surface area contributed by atoms with Gasteiger partial charge in [-0.2, -0.15) is 0 Å². The molecule has 0 bridgehead atoms. The number of hydrogen-bond acceptors (Lipinski definition) is 1. The fourth-order valence-corrected chi connectivity index (χ4v) is 8.81. The molecule has 6 heteroatoms. The summed E-state index contributed by atoms with van der Waals surface area (Å²) >= 11 is 0. The minimum atomic E-state index is -2.50. The number of carbonyl (C=O) groups is 1. The van der Waals surface area contributed by atoms with Gasteiger partial charge in [-0.1, -0.05) is 330 Å². The van der Waals surface area contributed by atoms with Crippen LogP contribution in [0.15, 0.2) is 0 Å². The zero-order valence-electron chi connectivity index (χ0n) is 67.5. The first-order chi connectivity index (χ1) is 38.4. The average Bonchev–Trinajstić information content (AvgIpc) is 4.16. The smallest absolute Gasteiger partial charge is 0.252 e. The van der Waals surface area contributed by atoms with Crippen LogP contribution in [-0.4, -0.2) is 30.2 Å². The fourth-order valence-electron chi connectivity index (χ4n) is 8.81. The Morgan fingerprint density at radius 2 is 0.605 bits per heavy atom. The van der Waals surface area contributed by atoms with Crippen molar-refractivity contribution >= 4 is 5.78 Å². The van der Waals surface area contributed by atoms with E-state index in [1.54, 1.807) is 55.4 Å². The van der Waals surface area contributed by atoms with Crippen LogP contribution in [0.25, 0.3) is 0 Å². The number of Topliss-reactive ketones (excluding diaryl/α,β-unsaturated/α-hetero) is 1. The van der Waals surface area contributed by atoms with Gasteiger partial charge in [0, 0.05) is 30.1 Å². The molecule has 0 aromatic carbocycles. The molecule has 0 aliphatic heterocycles. The van der Waals surface area contributed by atoms with Gasteiger partial charge in [-0.05, 0) is 131 Å². The molecule has 1 aliphatic carbocycles. The van der Waals surface area contributed by atoms with Gasteiger partial charge in [0.2, 0.25) is 0 Å². The fraction of sp³-hybridized carbons (Fsp3) is 0.988. The van der Waals surface area contributed by atoms with Crippen molar-refractivity contribution in [3.63, 3.8) is 0 Å². The minimum Gasteiger partial charge on any atom is -0.299 e. The van der Waals surface area contributed by atoms with E-state index < -0.39 is 36.3 Å². The van der Waals surface area contributed by atoms with E-state index in [0.29, 0.717) is 11.2 Å². The number of hydrogen-bond donors (Lipinski definition) is 0. The Morgan fingerprint density at radius 1 is 0.349 bits per heavy atom. The zero-order chi connectivity index (χ0) is 71.3. The van der Waals surface area contributed by atoms with Crippen LogP contribution in [0.1, 0.15) is 356 Å². The lowest BCUT2D eigenvalue weighted by Gasteiger charge is -2.33. The van der Waals surface area contributed by atoms with E-state index in [2.05, 4.69) is 187 Å². The SMILES string of the molecule is CC(C)C(=O)C(C)C.CC(C)C(C)(C)C(C)C.CC(C)C(C)C(C)C.CC(C)C(F)(F)C(C)C.CC(C)C(F)C(C)C.CC(C)C(F)CC(F)C(C)C.CC(C)C1(C(C)C)CC1.CC(C)CC(C)C.CC(C)CCC(C)C.CC(C)CCCC(C)C. The van der Waals surface area contributed by atoms with Crippen molar-refractivity contribution in [1.29, 1.82) is 0 Å². The summed E-state index contributed by atoms with van der Waals surface area (Å²) in [5.74, 6) is 8.64. The molecule has 1 saturated carbocycles. The molecule has 0 radical (unpaired) electrons. The van der Waals surface area contributed by atoms with Crippen molar-refractivity contribution in [2.75, 3.05) is 0 Å². The summed E-state index contributed by atoms with van der Waals surface area (Å²) < 4.78 is 63.8. The first-order valence-electron chi connectivity index (χ1n) is 36.2. The molecule has 0 amide bonds. The lowest BCUT2D eigenvalue weighted by molar-refractivity contribution is -0.124. The van der Waals surface area contributed by atoms with Crippen LogP contribution in [0, 0.1) is 135 Å². The lowest BCUT2D eigenvalue weighted by Crippen LogP contribution is -2.29. The molecule has 2 unspecified atom stereocenters. The summed E-state index contributed by atoms with van der Waals surface area (Å²) in [6.45, 7) is 90.7. The second-order valence-corrected chi connectivity index (χ2v) is 34.0. The van der Waals surface area contributed by atoms with Crippen molar-refractivity contribution < 1.29 is 26.7 Å². The molecule has 0 saturated heterocycles. The molecule has 1 aliphatic rings. The lowest BCUT2D eigenvalue weighted by atomic mass is 9.72. The van der Waals surface area contributed by atoms with E-state index >= 15 is 0 Å². The van der Waals surface area contributed by atoms with Crippen molar-refractivity contribution in [3.05, 3.63) is 0 Å². The van der Waals surface area contributed by atoms with E-state index in [-0.39, 0.29) is 41.9 Å². The van der Waals surface area contributed by atoms with Gasteiger partial charge in [0.05, 0.1) is 0 Å². The van der Waals surface area contributed by atoms with E-state index in [9.17, 15) is 26.7 Å². The number of ketones is 1. The van der Waals surface area contributed by atoms with Crippen LogP contribution in [-0.2, 0) is 4.79 Å². The van der Waals surface area contributed by atoms with Gasteiger partial charge in [0.25, 0.3) is 5.92 Å². The van der Waals surface area contributed by atoms with Gasteiger partial charge in [-0.15, -0.1) is 0 Å². The van der Waals surface area contributed by atoms with Gasteiger partial charge < -0.3 is 0 Å². The van der Waals surface area contributed by atoms with Crippen LogP contribution in [0.2, 0.25) is 0 Å². The Bertz CT molecular complexity index is 1240. The highest BCUT2D eigenvalue weighted by Crippen LogP contribution is 2.57. The maximum Gasteiger partial charge on any atom is 0.252 e. The number of halogens is 5. The highest BCUT2D eigenvalue weighted by atomic mass is 19.3. The van der Waals surface area contributed by atoms with E-state index in [1.807, 2.05) is 55.4 Å².